The number of hydrogen-bond acceptors (Lipinski definition) is 5. The molecule has 2 aromatic carbocycles. The molecule has 0 amide bonds. The third kappa shape index (κ3) is 3.18. The first kappa shape index (κ1) is 19.4. The Kier molecular flexibility index (Phi) is 4.75. The third-order valence-corrected chi connectivity index (χ3v) is 5.99. The van der Waals surface area contributed by atoms with Gasteiger partial charge in [-0.05, 0) is 53.4 Å². The molecule has 0 spiro atoms. The summed E-state index contributed by atoms with van der Waals surface area (Å²) in [5.74, 6) is 1.52. The van der Waals surface area contributed by atoms with Crippen molar-refractivity contribution in [1.29, 1.82) is 0 Å². The van der Waals surface area contributed by atoms with Crippen molar-refractivity contribution in [3.05, 3.63) is 70.6 Å². The summed E-state index contributed by atoms with van der Waals surface area (Å²) in [4.78, 5) is 9.50. The number of pyridine rings is 1. The van der Waals surface area contributed by atoms with Gasteiger partial charge in [-0.25, -0.2) is 9.97 Å². The zero-order valence-electron chi connectivity index (χ0n) is 17.4. The molecule has 0 saturated carbocycles. The van der Waals surface area contributed by atoms with Crippen LogP contribution in [0.25, 0.3) is 39.4 Å². The number of H-pyrrole nitrogens is 1. The zero-order valence-corrected chi connectivity index (χ0v) is 18.1. The number of tetrazole rings is 1. The molecular weight excluding hydrogens is 410 g/mol. The maximum Gasteiger partial charge on any atom is 0.205 e. The molecule has 1 N–H and O–H groups in total. The Balaban J connectivity index is 1.64. The van der Waals surface area contributed by atoms with Crippen LogP contribution in [0.5, 0.6) is 0 Å². The fourth-order valence-electron chi connectivity index (χ4n) is 3.83. The van der Waals surface area contributed by atoms with Gasteiger partial charge >= 0.3 is 0 Å². The lowest BCUT2D eigenvalue weighted by Gasteiger charge is -2.11. The van der Waals surface area contributed by atoms with E-state index in [9.17, 15) is 0 Å². The number of nitrogens with one attached hydrogen (secondary N) is 1. The summed E-state index contributed by atoms with van der Waals surface area (Å²) < 4.78 is 2.09. The summed E-state index contributed by atoms with van der Waals surface area (Å²) in [6, 6.07) is 16.3. The monoisotopic (exact) mass is 429 g/mol. The van der Waals surface area contributed by atoms with Crippen molar-refractivity contribution in [3.63, 3.8) is 0 Å². The van der Waals surface area contributed by atoms with Crippen LogP contribution >= 0.6 is 11.6 Å². The van der Waals surface area contributed by atoms with Gasteiger partial charge in [-0.3, -0.25) is 4.57 Å². The van der Waals surface area contributed by atoms with Gasteiger partial charge in [-0.15, -0.1) is 10.2 Å². The SMILES string of the molecule is CCc1nc2c(C)c(C)c(Cl)nc2n1-c1ccc(-c2ccccc2-c2nn[nH]n2)cc1. The van der Waals surface area contributed by atoms with Gasteiger partial charge in [0.2, 0.25) is 5.82 Å². The number of aryl methyl sites for hydroxylation is 2. The van der Waals surface area contributed by atoms with Crippen molar-refractivity contribution >= 4 is 22.8 Å². The molecule has 5 rings (SSSR count). The van der Waals surface area contributed by atoms with Crippen LogP contribution in [0.15, 0.2) is 48.5 Å². The summed E-state index contributed by atoms with van der Waals surface area (Å²) in [6.07, 6.45) is 0.787. The first-order chi connectivity index (χ1) is 15.1. The van der Waals surface area contributed by atoms with Crippen LogP contribution in [0.4, 0.5) is 0 Å². The van der Waals surface area contributed by atoms with E-state index in [1.54, 1.807) is 0 Å². The largest absolute Gasteiger partial charge is 0.281 e. The normalized spacial score (nSPS) is 11.4. The molecule has 0 atom stereocenters. The Labute approximate surface area is 184 Å². The number of rotatable bonds is 4. The third-order valence-electron chi connectivity index (χ3n) is 5.62. The van der Waals surface area contributed by atoms with Crippen LogP contribution in [0, 0.1) is 13.8 Å². The molecule has 0 radical (unpaired) electrons. The first-order valence-corrected chi connectivity index (χ1v) is 10.4. The van der Waals surface area contributed by atoms with E-state index in [4.69, 9.17) is 16.6 Å². The van der Waals surface area contributed by atoms with Crippen molar-refractivity contribution in [2.75, 3.05) is 0 Å². The Hall–Kier alpha value is -3.58. The average molecular weight is 430 g/mol. The Morgan fingerprint density at radius 1 is 0.935 bits per heavy atom. The van der Waals surface area contributed by atoms with Crippen LogP contribution in [0.1, 0.15) is 23.9 Å². The quantitative estimate of drug-likeness (QED) is 0.402. The predicted molar refractivity (Wildman–Crippen MR) is 121 cm³/mol. The zero-order chi connectivity index (χ0) is 21.5. The van der Waals surface area contributed by atoms with Gasteiger partial charge in [0.05, 0.1) is 0 Å². The number of halogens is 1. The second kappa shape index (κ2) is 7.59. The molecule has 5 aromatic rings. The molecule has 3 aromatic heterocycles. The molecule has 0 fully saturated rings. The minimum Gasteiger partial charge on any atom is -0.281 e. The fourth-order valence-corrected chi connectivity index (χ4v) is 4.05. The second-order valence-corrected chi connectivity index (χ2v) is 7.73. The number of aromatic nitrogens is 7. The summed E-state index contributed by atoms with van der Waals surface area (Å²) >= 11 is 6.40. The minimum absolute atomic E-state index is 0.513. The Bertz CT molecular complexity index is 1390. The Morgan fingerprint density at radius 2 is 1.68 bits per heavy atom. The summed E-state index contributed by atoms with van der Waals surface area (Å²) in [6.45, 7) is 6.11. The van der Waals surface area contributed by atoms with E-state index in [-0.39, 0.29) is 0 Å². The number of fused-ring (bicyclic) bond motifs is 1. The number of benzene rings is 2. The van der Waals surface area contributed by atoms with Gasteiger partial charge in [0.1, 0.15) is 16.5 Å². The highest BCUT2D eigenvalue weighted by atomic mass is 35.5. The molecule has 0 aliphatic rings. The smallest absolute Gasteiger partial charge is 0.205 e. The molecule has 3 heterocycles. The van der Waals surface area contributed by atoms with E-state index < -0.39 is 0 Å². The lowest BCUT2D eigenvalue weighted by molar-refractivity contribution is 0.881. The minimum atomic E-state index is 0.513. The number of nitrogens with zero attached hydrogens (tertiary/aromatic N) is 6. The van der Waals surface area contributed by atoms with Crippen molar-refractivity contribution in [2.24, 2.45) is 0 Å². The van der Waals surface area contributed by atoms with E-state index in [0.717, 1.165) is 56.9 Å². The highest BCUT2D eigenvalue weighted by Gasteiger charge is 2.18. The van der Waals surface area contributed by atoms with Gasteiger partial charge in [0, 0.05) is 17.7 Å². The van der Waals surface area contributed by atoms with E-state index in [0.29, 0.717) is 11.0 Å². The van der Waals surface area contributed by atoms with Crippen molar-refractivity contribution in [1.82, 2.24) is 35.2 Å². The molecule has 154 valence electrons. The van der Waals surface area contributed by atoms with Crippen LogP contribution in [-0.2, 0) is 6.42 Å². The number of aromatic amines is 1. The van der Waals surface area contributed by atoms with Crippen molar-refractivity contribution < 1.29 is 0 Å². The highest BCUT2D eigenvalue weighted by molar-refractivity contribution is 6.30. The van der Waals surface area contributed by atoms with Gasteiger partial charge in [0.25, 0.3) is 0 Å². The lowest BCUT2D eigenvalue weighted by Crippen LogP contribution is -2.01. The fraction of sp³-hybridized carbons (Fsp3) is 0.174. The summed E-state index contributed by atoms with van der Waals surface area (Å²) in [5, 5.41) is 15.0. The Morgan fingerprint density at radius 3 is 2.35 bits per heavy atom. The number of hydrogen-bond donors (Lipinski definition) is 1. The van der Waals surface area contributed by atoms with Crippen LogP contribution in [0.3, 0.4) is 0 Å². The topological polar surface area (TPSA) is 85.2 Å². The van der Waals surface area contributed by atoms with Crippen molar-refractivity contribution in [2.45, 2.75) is 27.2 Å². The molecule has 0 aliphatic heterocycles. The molecule has 0 saturated heterocycles. The standard InChI is InChI=1S/C23H20ClN7/c1-4-19-25-20-13(2)14(3)21(24)26-23(20)31(19)16-11-9-15(10-12-16)17-7-5-6-8-18(17)22-27-29-30-28-22/h5-12H,4H2,1-3H3,(H,27,28,29,30). The number of imidazole rings is 1. The van der Waals surface area contributed by atoms with E-state index >= 15 is 0 Å². The van der Waals surface area contributed by atoms with Crippen LogP contribution in [-0.4, -0.2) is 35.2 Å². The second-order valence-electron chi connectivity index (χ2n) is 7.37. The molecule has 7 nitrogen and oxygen atoms in total. The maximum atomic E-state index is 6.40. The molecular formula is C23H20ClN7. The van der Waals surface area contributed by atoms with Crippen LogP contribution in [0.2, 0.25) is 5.15 Å². The highest BCUT2D eigenvalue weighted by Crippen LogP contribution is 2.32. The lowest BCUT2D eigenvalue weighted by atomic mass is 9.99. The van der Waals surface area contributed by atoms with Gasteiger partial charge in [-0.1, -0.05) is 54.9 Å². The maximum absolute atomic E-state index is 6.40. The van der Waals surface area contributed by atoms with E-state index in [1.165, 1.54) is 0 Å². The van der Waals surface area contributed by atoms with E-state index in [2.05, 4.69) is 67.4 Å². The molecule has 8 heteroatoms. The molecule has 0 bridgehead atoms. The first-order valence-electron chi connectivity index (χ1n) is 10.1. The predicted octanol–water partition coefficient (Wildman–Crippen LogP) is 5.10. The van der Waals surface area contributed by atoms with Gasteiger partial charge < -0.3 is 0 Å². The summed E-state index contributed by atoms with van der Waals surface area (Å²) in [7, 11) is 0. The van der Waals surface area contributed by atoms with Crippen molar-refractivity contribution in [3.8, 4) is 28.2 Å². The van der Waals surface area contributed by atoms with E-state index in [1.807, 2.05) is 32.0 Å². The summed E-state index contributed by atoms with van der Waals surface area (Å²) in [5.41, 5.74) is 7.72. The molecule has 31 heavy (non-hydrogen) atoms. The van der Waals surface area contributed by atoms with Gasteiger partial charge in [0.15, 0.2) is 5.65 Å². The van der Waals surface area contributed by atoms with Gasteiger partial charge in [-0.2, -0.15) is 5.21 Å². The van der Waals surface area contributed by atoms with Crippen LogP contribution < -0.4 is 0 Å². The molecule has 0 aliphatic carbocycles. The average Bonchev–Trinajstić information content (AvgIpc) is 3.46. The molecule has 0 unspecified atom stereocenters.